The fraction of sp³-hybridized carbons (Fsp3) is 0.389. The van der Waals surface area contributed by atoms with Crippen LogP contribution < -0.4 is 10.6 Å². The number of aliphatic imine (C=N–C) groups is 1. The van der Waals surface area contributed by atoms with Gasteiger partial charge in [0.25, 0.3) is 0 Å². The third-order valence-corrected chi connectivity index (χ3v) is 3.45. The predicted molar refractivity (Wildman–Crippen MR) is 93.4 cm³/mol. The van der Waals surface area contributed by atoms with Gasteiger partial charge in [0, 0.05) is 12.6 Å². The Labute approximate surface area is 142 Å². The first-order valence-corrected chi connectivity index (χ1v) is 8.09. The Bertz CT molecular complexity index is 710. The molecule has 1 aromatic heterocycles. The molecule has 0 saturated carbocycles. The van der Waals surface area contributed by atoms with Crippen molar-refractivity contribution < 1.29 is 4.52 Å². The number of aromatic nitrogens is 1. The average molecular weight is 325 g/mol. The lowest BCUT2D eigenvalue weighted by molar-refractivity contribution is 0.372. The van der Waals surface area contributed by atoms with Crippen LogP contribution >= 0.6 is 0 Å². The average Bonchev–Trinajstić information content (AvgIpc) is 3.07. The van der Waals surface area contributed by atoms with Crippen LogP contribution in [0.2, 0.25) is 0 Å². The van der Waals surface area contributed by atoms with E-state index in [1.165, 1.54) is 0 Å². The van der Waals surface area contributed by atoms with Crippen LogP contribution in [0.5, 0.6) is 0 Å². The van der Waals surface area contributed by atoms with E-state index in [4.69, 9.17) is 9.78 Å². The van der Waals surface area contributed by atoms with E-state index in [0.29, 0.717) is 30.5 Å². The van der Waals surface area contributed by atoms with Crippen LogP contribution in [0, 0.1) is 11.3 Å². The molecular weight excluding hydrogens is 302 g/mol. The molecule has 6 heteroatoms. The zero-order chi connectivity index (χ0) is 17.4. The number of hydrogen-bond acceptors (Lipinski definition) is 4. The molecule has 24 heavy (non-hydrogen) atoms. The molecule has 0 atom stereocenters. The highest BCUT2D eigenvalue weighted by Crippen LogP contribution is 2.13. The van der Waals surface area contributed by atoms with E-state index < -0.39 is 0 Å². The van der Waals surface area contributed by atoms with Crippen molar-refractivity contribution in [2.75, 3.05) is 6.54 Å². The van der Waals surface area contributed by atoms with E-state index in [1.807, 2.05) is 25.1 Å². The SMILES string of the molecule is CCNC(=NCc1ccc(C#N)cc1)NCc1cc(C(C)C)no1. The second kappa shape index (κ2) is 8.73. The summed E-state index contributed by atoms with van der Waals surface area (Å²) in [6, 6.07) is 11.5. The topological polar surface area (TPSA) is 86.2 Å². The molecule has 0 unspecified atom stereocenters. The van der Waals surface area contributed by atoms with E-state index in [9.17, 15) is 0 Å². The molecule has 2 aromatic rings. The molecule has 1 aromatic carbocycles. The van der Waals surface area contributed by atoms with Gasteiger partial charge in [-0.1, -0.05) is 31.1 Å². The lowest BCUT2D eigenvalue weighted by atomic mass is 10.1. The minimum Gasteiger partial charge on any atom is -0.359 e. The number of rotatable bonds is 6. The smallest absolute Gasteiger partial charge is 0.191 e. The maximum absolute atomic E-state index is 8.82. The van der Waals surface area contributed by atoms with Crippen LogP contribution in [0.4, 0.5) is 0 Å². The summed E-state index contributed by atoms with van der Waals surface area (Å²) in [4.78, 5) is 4.55. The first-order valence-electron chi connectivity index (χ1n) is 8.09. The summed E-state index contributed by atoms with van der Waals surface area (Å²) in [5, 5.41) is 19.3. The van der Waals surface area contributed by atoms with Gasteiger partial charge in [-0.2, -0.15) is 5.26 Å². The van der Waals surface area contributed by atoms with Crippen LogP contribution in [0.1, 0.15) is 49.3 Å². The molecule has 0 radical (unpaired) electrons. The van der Waals surface area contributed by atoms with Crippen molar-refractivity contribution in [3.63, 3.8) is 0 Å². The zero-order valence-electron chi connectivity index (χ0n) is 14.3. The van der Waals surface area contributed by atoms with Crippen molar-refractivity contribution >= 4 is 5.96 Å². The monoisotopic (exact) mass is 325 g/mol. The van der Waals surface area contributed by atoms with Crippen LogP contribution in [0.3, 0.4) is 0 Å². The number of nitriles is 1. The van der Waals surface area contributed by atoms with E-state index in [0.717, 1.165) is 23.6 Å². The molecular formula is C18H23N5O. The van der Waals surface area contributed by atoms with Gasteiger partial charge in [0.05, 0.1) is 30.4 Å². The molecule has 0 fully saturated rings. The fourth-order valence-corrected chi connectivity index (χ4v) is 2.05. The molecule has 0 bridgehead atoms. The molecule has 1 heterocycles. The lowest BCUT2D eigenvalue weighted by Crippen LogP contribution is -2.36. The Balaban J connectivity index is 1.95. The zero-order valence-corrected chi connectivity index (χ0v) is 14.3. The van der Waals surface area contributed by atoms with Gasteiger partial charge < -0.3 is 15.2 Å². The molecule has 126 valence electrons. The van der Waals surface area contributed by atoms with Crippen LogP contribution in [-0.4, -0.2) is 17.7 Å². The van der Waals surface area contributed by atoms with Gasteiger partial charge in [0.2, 0.25) is 0 Å². The summed E-state index contributed by atoms with van der Waals surface area (Å²) >= 11 is 0. The van der Waals surface area contributed by atoms with E-state index in [1.54, 1.807) is 12.1 Å². The number of nitrogens with zero attached hydrogens (tertiary/aromatic N) is 3. The molecule has 0 aliphatic heterocycles. The first-order chi connectivity index (χ1) is 11.6. The van der Waals surface area contributed by atoms with Crippen LogP contribution in [-0.2, 0) is 13.1 Å². The van der Waals surface area contributed by atoms with Crippen molar-refractivity contribution in [2.24, 2.45) is 4.99 Å². The summed E-state index contributed by atoms with van der Waals surface area (Å²) in [6.45, 7) is 8.01. The van der Waals surface area contributed by atoms with Crippen molar-refractivity contribution in [3.05, 3.63) is 52.9 Å². The summed E-state index contributed by atoms with van der Waals surface area (Å²) in [6.07, 6.45) is 0. The fourth-order valence-electron chi connectivity index (χ4n) is 2.05. The molecule has 0 aliphatic rings. The molecule has 0 amide bonds. The number of hydrogen-bond donors (Lipinski definition) is 2. The first kappa shape index (κ1) is 17.5. The van der Waals surface area contributed by atoms with E-state index in [2.05, 4.69) is 40.7 Å². The maximum Gasteiger partial charge on any atom is 0.191 e. The lowest BCUT2D eigenvalue weighted by Gasteiger charge is -2.09. The summed E-state index contributed by atoms with van der Waals surface area (Å²) in [7, 11) is 0. The minimum absolute atomic E-state index is 0.348. The molecule has 0 spiro atoms. The second-order valence-corrected chi connectivity index (χ2v) is 5.73. The van der Waals surface area contributed by atoms with Crippen LogP contribution in [0.15, 0.2) is 39.8 Å². The van der Waals surface area contributed by atoms with E-state index in [-0.39, 0.29) is 0 Å². The summed E-state index contributed by atoms with van der Waals surface area (Å²) < 4.78 is 5.32. The predicted octanol–water partition coefficient (Wildman–Crippen LogP) is 2.92. The number of nitrogens with one attached hydrogen (secondary N) is 2. The highest BCUT2D eigenvalue weighted by Gasteiger charge is 2.08. The molecule has 2 rings (SSSR count). The Morgan fingerprint density at radius 3 is 2.62 bits per heavy atom. The van der Waals surface area contributed by atoms with Crippen LogP contribution in [0.25, 0.3) is 0 Å². The number of benzene rings is 1. The van der Waals surface area contributed by atoms with Gasteiger partial charge in [0.15, 0.2) is 11.7 Å². The van der Waals surface area contributed by atoms with Gasteiger partial charge >= 0.3 is 0 Å². The third-order valence-electron chi connectivity index (χ3n) is 3.45. The second-order valence-electron chi connectivity index (χ2n) is 5.73. The quantitative estimate of drug-likeness (QED) is 0.630. The Morgan fingerprint density at radius 1 is 1.29 bits per heavy atom. The van der Waals surface area contributed by atoms with Gasteiger partial charge in [-0.05, 0) is 30.5 Å². The molecule has 2 N–H and O–H groups in total. The van der Waals surface area contributed by atoms with E-state index >= 15 is 0 Å². The largest absolute Gasteiger partial charge is 0.359 e. The van der Waals surface area contributed by atoms with Crippen molar-refractivity contribution in [1.82, 2.24) is 15.8 Å². The van der Waals surface area contributed by atoms with Crippen molar-refractivity contribution in [2.45, 2.75) is 39.8 Å². The summed E-state index contributed by atoms with van der Waals surface area (Å²) in [5.41, 5.74) is 2.65. The standard InChI is InChI=1S/C18H23N5O/c1-4-20-18(21-11-15-7-5-14(10-19)6-8-15)22-12-16-9-17(13(2)3)23-24-16/h5-9,13H,4,11-12H2,1-3H3,(H2,20,21,22). The Morgan fingerprint density at radius 2 is 2.04 bits per heavy atom. The Kier molecular flexibility index (Phi) is 6.38. The number of guanidine groups is 1. The highest BCUT2D eigenvalue weighted by molar-refractivity contribution is 5.79. The minimum atomic E-state index is 0.348. The third kappa shape index (κ3) is 5.13. The Hall–Kier alpha value is -2.81. The molecule has 0 saturated heterocycles. The maximum atomic E-state index is 8.82. The van der Waals surface area contributed by atoms with Crippen molar-refractivity contribution in [1.29, 1.82) is 5.26 Å². The van der Waals surface area contributed by atoms with Gasteiger partial charge in [-0.3, -0.25) is 0 Å². The van der Waals surface area contributed by atoms with Crippen molar-refractivity contribution in [3.8, 4) is 6.07 Å². The van der Waals surface area contributed by atoms with Gasteiger partial charge in [0.1, 0.15) is 0 Å². The summed E-state index contributed by atoms with van der Waals surface area (Å²) in [5.74, 6) is 1.84. The molecule has 0 aliphatic carbocycles. The normalized spacial score (nSPS) is 11.4. The van der Waals surface area contributed by atoms with Gasteiger partial charge in [-0.25, -0.2) is 4.99 Å². The molecule has 6 nitrogen and oxygen atoms in total. The van der Waals surface area contributed by atoms with Gasteiger partial charge in [-0.15, -0.1) is 0 Å². The highest BCUT2D eigenvalue weighted by atomic mass is 16.5.